The second kappa shape index (κ2) is 4.36. The minimum Gasteiger partial charge on any atom is -0.333 e. The molecular formula is C11H14BrN3. The van der Waals surface area contributed by atoms with Crippen molar-refractivity contribution in [3.63, 3.8) is 0 Å². The molecule has 0 atom stereocenters. The number of hydrogen-bond donors (Lipinski definition) is 0. The highest BCUT2D eigenvalue weighted by Gasteiger charge is 2.23. The van der Waals surface area contributed by atoms with Gasteiger partial charge in [0, 0.05) is 13.0 Å². The highest BCUT2D eigenvalue weighted by molar-refractivity contribution is 9.10. The van der Waals surface area contributed by atoms with E-state index in [1.807, 2.05) is 7.05 Å². The number of rotatable bonds is 2. The van der Waals surface area contributed by atoms with Gasteiger partial charge in [0.1, 0.15) is 10.4 Å². The van der Waals surface area contributed by atoms with Crippen LogP contribution in [0.3, 0.4) is 0 Å². The first-order chi connectivity index (χ1) is 7.24. The van der Waals surface area contributed by atoms with Gasteiger partial charge in [-0.1, -0.05) is 12.8 Å². The lowest BCUT2D eigenvalue weighted by atomic mass is 10.1. The molecule has 0 unspecified atom stereocenters. The Morgan fingerprint density at radius 3 is 2.80 bits per heavy atom. The lowest BCUT2D eigenvalue weighted by molar-refractivity contribution is 0.625. The third-order valence-electron chi connectivity index (χ3n) is 3.17. The van der Waals surface area contributed by atoms with E-state index < -0.39 is 0 Å². The number of imidazole rings is 1. The highest BCUT2D eigenvalue weighted by atomic mass is 79.9. The van der Waals surface area contributed by atoms with E-state index in [-0.39, 0.29) is 0 Å². The Hall–Kier alpha value is -0.820. The molecule has 1 aromatic heterocycles. The molecular weight excluding hydrogens is 254 g/mol. The molecule has 0 radical (unpaired) electrons. The Balaban J connectivity index is 2.33. The summed E-state index contributed by atoms with van der Waals surface area (Å²) in [4.78, 5) is 4.54. The zero-order valence-corrected chi connectivity index (χ0v) is 10.4. The Bertz CT molecular complexity index is 397. The van der Waals surface area contributed by atoms with Gasteiger partial charge in [-0.3, -0.25) is 0 Å². The molecule has 1 aliphatic rings. The second-order valence-corrected chi connectivity index (χ2v) is 4.83. The van der Waals surface area contributed by atoms with Crippen LogP contribution in [0.25, 0.3) is 0 Å². The van der Waals surface area contributed by atoms with Crippen molar-refractivity contribution in [2.75, 3.05) is 0 Å². The fraction of sp³-hybridized carbons (Fsp3) is 0.636. The Kier molecular flexibility index (Phi) is 3.11. The van der Waals surface area contributed by atoms with E-state index in [0.717, 1.165) is 16.1 Å². The molecule has 1 fully saturated rings. The molecule has 0 N–H and O–H groups in total. The van der Waals surface area contributed by atoms with Crippen LogP contribution in [-0.2, 0) is 13.5 Å². The third-order valence-corrected chi connectivity index (χ3v) is 3.80. The minimum atomic E-state index is 0.427. The number of hydrogen-bond acceptors (Lipinski definition) is 2. The number of aromatic nitrogens is 2. The number of halogens is 1. The lowest BCUT2D eigenvalue weighted by Gasteiger charge is -2.09. The maximum atomic E-state index is 8.73. The Morgan fingerprint density at radius 1 is 1.53 bits per heavy atom. The minimum absolute atomic E-state index is 0.427. The molecule has 2 rings (SSSR count). The predicted molar refractivity (Wildman–Crippen MR) is 61.4 cm³/mol. The van der Waals surface area contributed by atoms with Gasteiger partial charge in [0.15, 0.2) is 0 Å². The molecule has 0 aromatic carbocycles. The van der Waals surface area contributed by atoms with Crippen molar-refractivity contribution < 1.29 is 0 Å². The monoisotopic (exact) mass is 267 g/mol. The standard InChI is InChI=1S/C11H14BrN3/c1-15-9(6-7-13)10(12)14-11(15)8-4-2-3-5-8/h8H,2-6H2,1H3. The zero-order valence-electron chi connectivity index (χ0n) is 8.83. The van der Waals surface area contributed by atoms with Gasteiger partial charge in [-0.2, -0.15) is 5.26 Å². The molecule has 80 valence electrons. The van der Waals surface area contributed by atoms with Crippen molar-refractivity contribution in [2.24, 2.45) is 7.05 Å². The first-order valence-corrected chi connectivity index (χ1v) is 6.11. The van der Waals surface area contributed by atoms with E-state index in [2.05, 4.69) is 31.6 Å². The first-order valence-electron chi connectivity index (χ1n) is 5.32. The predicted octanol–water partition coefficient (Wildman–Crippen LogP) is 2.91. The summed E-state index contributed by atoms with van der Waals surface area (Å²) in [6, 6.07) is 2.18. The van der Waals surface area contributed by atoms with Crippen molar-refractivity contribution >= 4 is 15.9 Å². The fourth-order valence-electron chi connectivity index (χ4n) is 2.33. The molecule has 3 nitrogen and oxygen atoms in total. The van der Waals surface area contributed by atoms with Crippen LogP contribution in [-0.4, -0.2) is 9.55 Å². The van der Waals surface area contributed by atoms with Gasteiger partial charge in [0.05, 0.1) is 18.2 Å². The van der Waals surface area contributed by atoms with Crippen molar-refractivity contribution in [1.82, 2.24) is 9.55 Å². The summed E-state index contributed by atoms with van der Waals surface area (Å²) in [7, 11) is 2.01. The average molecular weight is 268 g/mol. The van der Waals surface area contributed by atoms with Crippen LogP contribution in [0.15, 0.2) is 4.60 Å². The van der Waals surface area contributed by atoms with Crippen molar-refractivity contribution in [3.05, 3.63) is 16.1 Å². The van der Waals surface area contributed by atoms with Crippen LogP contribution in [0.2, 0.25) is 0 Å². The summed E-state index contributed by atoms with van der Waals surface area (Å²) in [5.41, 5.74) is 0.999. The van der Waals surface area contributed by atoms with E-state index >= 15 is 0 Å². The molecule has 0 amide bonds. The summed E-state index contributed by atoms with van der Waals surface area (Å²) in [5, 5.41) is 8.73. The molecule has 0 spiro atoms. The lowest BCUT2D eigenvalue weighted by Crippen LogP contribution is -2.05. The molecule has 0 bridgehead atoms. The van der Waals surface area contributed by atoms with E-state index in [9.17, 15) is 0 Å². The molecule has 0 saturated heterocycles. The zero-order chi connectivity index (χ0) is 10.8. The van der Waals surface area contributed by atoms with Gasteiger partial charge < -0.3 is 4.57 Å². The summed E-state index contributed by atoms with van der Waals surface area (Å²) in [5.74, 6) is 1.74. The highest BCUT2D eigenvalue weighted by Crippen LogP contribution is 2.34. The molecule has 4 heteroatoms. The van der Waals surface area contributed by atoms with Crippen LogP contribution in [0.4, 0.5) is 0 Å². The number of nitriles is 1. The topological polar surface area (TPSA) is 41.6 Å². The Morgan fingerprint density at radius 2 is 2.20 bits per heavy atom. The van der Waals surface area contributed by atoms with Crippen LogP contribution >= 0.6 is 15.9 Å². The van der Waals surface area contributed by atoms with Crippen molar-refractivity contribution in [3.8, 4) is 6.07 Å². The Labute approximate surface area is 98.2 Å². The van der Waals surface area contributed by atoms with Crippen LogP contribution < -0.4 is 0 Å². The van der Waals surface area contributed by atoms with Crippen LogP contribution in [0, 0.1) is 11.3 Å². The van der Waals surface area contributed by atoms with Gasteiger partial charge >= 0.3 is 0 Å². The maximum Gasteiger partial charge on any atom is 0.128 e. The van der Waals surface area contributed by atoms with E-state index in [1.165, 1.54) is 25.7 Å². The molecule has 0 aliphatic heterocycles. The fourth-order valence-corrected chi connectivity index (χ4v) is 2.92. The second-order valence-electron chi connectivity index (χ2n) is 4.08. The molecule has 15 heavy (non-hydrogen) atoms. The molecule has 1 saturated carbocycles. The van der Waals surface area contributed by atoms with Gasteiger partial charge in [-0.05, 0) is 28.8 Å². The summed E-state index contributed by atoms with van der Waals surface area (Å²) in [6.45, 7) is 0. The first kappa shape index (κ1) is 10.7. The van der Waals surface area contributed by atoms with E-state index in [0.29, 0.717) is 12.3 Å². The van der Waals surface area contributed by atoms with E-state index in [4.69, 9.17) is 5.26 Å². The largest absolute Gasteiger partial charge is 0.333 e. The van der Waals surface area contributed by atoms with E-state index in [1.54, 1.807) is 0 Å². The average Bonchev–Trinajstić information content (AvgIpc) is 2.81. The van der Waals surface area contributed by atoms with Gasteiger partial charge in [0.2, 0.25) is 0 Å². The molecule has 1 heterocycles. The normalized spacial score (nSPS) is 16.9. The SMILES string of the molecule is Cn1c(C2CCCC2)nc(Br)c1CC#N. The third kappa shape index (κ3) is 1.93. The van der Waals surface area contributed by atoms with Crippen LogP contribution in [0.1, 0.15) is 43.1 Å². The van der Waals surface area contributed by atoms with Crippen molar-refractivity contribution in [1.29, 1.82) is 5.26 Å². The summed E-state index contributed by atoms with van der Waals surface area (Å²) in [6.07, 6.45) is 5.52. The van der Waals surface area contributed by atoms with Gasteiger partial charge in [-0.25, -0.2) is 4.98 Å². The maximum absolute atomic E-state index is 8.73. The molecule has 1 aromatic rings. The number of nitrogens with zero attached hydrogens (tertiary/aromatic N) is 3. The summed E-state index contributed by atoms with van der Waals surface area (Å²) < 4.78 is 2.93. The van der Waals surface area contributed by atoms with Crippen molar-refractivity contribution in [2.45, 2.75) is 38.0 Å². The quantitative estimate of drug-likeness (QED) is 0.827. The smallest absolute Gasteiger partial charge is 0.128 e. The summed E-state index contributed by atoms with van der Waals surface area (Å²) >= 11 is 3.43. The molecule has 1 aliphatic carbocycles. The van der Waals surface area contributed by atoms with Gasteiger partial charge in [-0.15, -0.1) is 0 Å². The van der Waals surface area contributed by atoms with Crippen LogP contribution in [0.5, 0.6) is 0 Å². The van der Waals surface area contributed by atoms with Gasteiger partial charge in [0.25, 0.3) is 0 Å².